The van der Waals surface area contributed by atoms with E-state index in [2.05, 4.69) is 10.2 Å². The zero-order valence-corrected chi connectivity index (χ0v) is 18.6. The molecule has 0 aliphatic carbocycles. The minimum atomic E-state index is -0.697. The Morgan fingerprint density at radius 1 is 1.21 bits per heavy atom. The van der Waals surface area contributed by atoms with E-state index in [4.69, 9.17) is 9.15 Å². The molecule has 4 aromatic rings. The van der Waals surface area contributed by atoms with Crippen LogP contribution in [0.5, 0.6) is 5.75 Å². The number of aromatic nitrogens is 2. The third-order valence-electron chi connectivity index (χ3n) is 5.78. The van der Waals surface area contributed by atoms with Crippen LogP contribution in [0.2, 0.25) is 0 Å². The third kappa shape index (κ3) is 4.00. The van der Waals surface area contributed by atoms with Crippen LogP contribution in [-0.2, 0) is 0 Å². The van der Waals surface area contributed by atoms with Gasteiger partial charge in [0, 0.05) is 30.0 Å². The van der Waals surface area contributed by atoms with E-state index in [0.29, 0.717) is 40.4 Å². The van der Waals surface area contributed by atoms with Crippen LogP contribution >= 0.6 is 11.3 Å². The maximum Gasteiger partial charge on any atom is 0.349 e. The quantitative estimate of drug-likeness (QED) is 0.413. The van der Waals surface area contributed by atoms with Crippen molar-refractivity contribution in [3.8, 4) is 16.3 Å². The van der Waals surface area contributed by atoms with Crippen LogP contribution in [0.4, 0.5) is 4.39 Å². The lowest BCUT2D eigenvalue weighted by Crippen LogP contribution is -2.40. The molecule has 1 atom stereocenters. The van der Waals surface area contributed by atoms with Crippen molar-refractivity contribution in [2.24, 2.45) is 0 Å². The maximum atomic E-state index is 14.1. The lowest BCUT2D eigenvalue weighted by molar-refractivity contribution is 0.0702. The normalized spacial score (nSPS) is 16.2. The molecule has 1 aliphatic heterocycles. The topological polar surface area (TPSA) is 85.5 Å². The standard InChI is InChI=1S/C24H20FN3O4S/c1-31-19-10-4-6-14-12-17(24(30)32-20(14)19)23(29)28-11-5-7-15(13-28)21-26-27-22(33-21)16-8-2-3-9-18(16)25/h2-4,6,8-10,12,15H,5,7,11,13H2,1H3/t15-/m1/s1. The summed E-state index contributed by atoms with van der Waals surface area (Å²) in [5, 5.41) is 10.3. The van der Waals surface area contributed by atoms with Crippen molar-refractivity contribution >= 4 is 28.2 Å². The molecule has 0 unspecified atom stereocenters. The average Bonchev–Trinajstić information content (AvgIpc) is 3.33. The Hall–Kier alpha value is -3.59. The van der Waals surface area contributed by atoms with Gasteiger partial charge in [0.1, 0.15) is 16.4 Å². The second-order valence-electron chi connectivity index (χ2n) is 7.84. The Bertz CT molecular complexity index is 1400. The lowest BCUT2D eigenvalue weighted by atomic mass is 9.98. The Morgan fingerprint density at radius 2 is 2.06 bits per heavy atom. The number of para-hydroxylation sites is 1. The summed E-state index contributed by atoms with van der Waals surface area (Å²) in [5.41, 5.74) is 0.0133. The van der Waals surface area contributed by atoms with Crippen molar-refractivity contribution < 1.29 is 18.3 Å². The number of rotatable bonds is 4. The molecule has 0 spiro atoms. The molecule has 168 valence electrons. The monoisotopic (exact) mass is 465 g/mol. The number of benzene rings is 2. The van der Waals surface area contributed by atoms with Crippen LogP contribution in [0.25, 0.3) is 21.5 Å². The highest BCUT2D eigenvalue weighted by atomic mass is 32.1. The molecule has 0 saturated carbocycles. The number of piperidine rings is 1. The number of fused-ring (bicyclic) bond motifs is 1. The number of likely N-dealkylation sites (tertiary alicyclic amines) is 1. The number of halogens is 1. The summed E-state index contributed by atoms with van der Waals surface area (Å²) in [4.78, 5) is 27.5. The summed E-state index contributed by atoms with van der Waals surface area (Å²) >= 11 is 1.33. The Kier molecular flexibility index (Phi) is 5.63. The molecule has 1 amide bonds. The van der Waals surface area contributed by atoms with Gasteiger partial charge in [0.05, 0.1) is 7.11 Å². The minimum Gasteiger partial charge on any atom is -0.493 e. The first-order valence-electron chi connectivity index (χ1n) is 10.5. The highest BCUT2D eigenvalue weighted by Gasteiger charge is 2.30. The molecule has 1 saturated heterocycles. The van der Waals surface area contributed by atoms with Crippen LogP contribution in [-0.4, -0.2) is 41.2 Å². The van der Waals surface area contributed by atoms with Gasteiger partial charge in [0.25, 0.3) is 5.91 Å². The largest absolute Gasteiger partial charge is 0.493 e. The number of carbonyl (C=O) groups excluding carboxylic acids is 1. The van der Waals surface area contributed by atoms with Crippen LogP contribution in [0.15, 0.2) is 57.7 Å². The van der Waals surface area contributed by atoms with Crippen LogP contribution in [0.3, 0.4) is 0 Å². The molecule has 33 heavy (non-hydrogen) atoms. The first kappa shape index (κ1) is 21.3. The van der Waals surface area contributed by atoms with E-state index >= 15 is 0 Å². The number of hydrogen-bond donors (Lipinski definition) is 0. The SMILES string of the molecule is COc1cccc2cc(C(=O)N3CCC[C@@H](c4nnc(-c5ccccc5F)s4)C3)c(=O)oc12. The van der Waals surface area contributed by atoms with Gasteiger partial charge >= 0.3 is 5.63 Å². The van der Waals surface area contributed by atoms with E-state index in [1.807, 2.05) is 0 Å². The predicted octanol–water partition coefficient (Wildman–Crippen LogP) is 4.48. The fourth-order valence-corrected chi connectivity index (χ4v) is 5.10. The lowest BCUT2D eigenvalue weighted by Gasteiger charge is -2.31. The number of carbonyl (C=O) groups is 1. The maximum absolute atomic E-state index is 14.1. The molecule has 1 fully saturated rings. The minimum absolute atomic E-state index is 0.0132. The number of amides is 1. The van der Waals surface area contributed by atoms with Crippen molar-refractivity contribution in [1.82, 2.24) is 15.1 Å². The van der Waals surface area contributed by atoms with Crippen molar-refractivity contribution in [3.63, 3.8) is 0 Å². The van der Waals surface area contributed by atoms with Gasteiger partial charge < -0.3 is 14.1 Å². The summed E-state index contributed by atoms with van der Waals surface area (Å²) in [5.74, 6) is -0.325. The fourth-order valence-electron chi connectivity index (χ4n) is 4.10. The highest BCUT2D eigenvalue weighted by molar-refractivity contribution is 7.14. The summed E-state index contributed by atoms with van der Waals surface area (Å²) in [6.45, 7) is 0.935. The van der Waals surface area contributed by atoms with Crippen LogP contribution in [0.1, 0.15) is 34.1 Å². The molecule has 0 radical (unpaired) electrons. The third-order valence-corrected chi connectivity index (χ3v) is 6.90. The molecular formula is C24H20FN3O4S. The zero-order chi connectivity index (χ0) is 22.9. The zero-order valence-electron chi connectivity index (χ0n) is 17.8. The Balaban J connectivity index is 1.39. The predicted molar refractivity (Wildman–Crippen MR) is 122 cm³/mol. The van der Waals surface area contributed by atoms with Gasteiger partial charge in [-0.25, -0.2) is 9.18 Å². The van der Waals surface area contributed by atoms with E-state index in [1.54, 1.807) is 47.4 Å². The first-order chi connectivity index (χ1) is 16.0. The summed E-state index contributed by atoms with van der Waals surface area (Å²) in [7, 11) is 1.49. The first-order valence-corrected chi connectivity index (χ1v) is 11.3. The molecule has 2 aromatic heterocycles. The van der Waals surface area contributed by atoms with Gasteiger partial charge in [0.15, 0.2) is 16.3 Å². The summed E-state index contributed by atoms with van der Waals surface area (Å²) in [6.07, 6.45) is 1.59. The second kappa shape index (κ2) is 8.74. The number of methoxy groups -OCH3 is 1. The van der Waals surface area contributed by atoms with Crippen molar-refractivity contribution in [2.45, 2.75) is 18.8 Å². The molecule has 1 aliphatic rings. The van der Waals surface area contributed by atoms with Crippen LogP contribution in [0, 0.1) is 5.82 Å². The van der Waals surface area contributed by atoms with Crippen molar-refractivity contribution in [2.75, 3.05) is 20.2 Å². The molecule has 0 N–H and O–H groups in total. The average molecular weight is 466 g/mol. The van der Waals surface area contributed by atoms with Gasteiger partial charge in [-0.1, -0.05) is 35.6 Å². The van der Waals surface area contributed by atoms with Gasteiger partial charge in [-0.05, 0) is 37.1 Å². The molecular weight excluding hydrogens is 445 g/mol. The molecule has 3 heterocycles. The van der Waals surface area contributed by atoms with Gasteiger partial charge in [0.2, 0.25) is 0 Å². The summed E-state index contributed by atoms with van der Waals surface area (Å²) in [6, 6.07) is 13.2. The number of hydrogen-bond acceptors (Lipinski definition) is 7. The molecule has 5 rings (SSSR count). The van der Waals surface area contributed by atoms with E-state index in [0.717, 1.165) is 17.8 Å². The Labute approximate surface area is 192 Å². The van der Waals surface area contributed by atoms with Gasteiger partial charge in [-0.3, -0.25) is 4.79 Å². The van der Waals surface area contributed by atoms with E-state index in [9.17, 15) is 14.0 Å². The van der Waals surface area contributed by atoms with Gasteiger partial charge in [-0.15, -0.1) is 10.2 Å². The van der Waals surface area contributed by atoms with Crippen molar-refractivity contribution in [1.29, 1.82) is 0 Å². The molecule has 9 heteroatoms. The van der Waals surface area contributed by atoms with E-state index in [1.165, 1.54) is 24.5 Å². The smallest absolute Gasteiger partial charge is 0.349 e. The fraction of sp³-hybridized carbons (Fsp3) is 0.250. The number of ether oxygens (including phenoxy) is 1. The van der Waals surface area contributed by atoms with E-state index < -0.39 is 5.63 Å². The van der Waals surface area contributed by atoms with Gasteiger partial charge in [-0.2, -0.15) is 0 Å². The van der Waals surface area contributed by atoms with Crippen LogP contribution < -0.4 is 10.4 Å². The summed E-state index contributed by atoms with van der Waals surface area (Å²) < 4.78 is 24.8. The van der Waals surface area contributed by atoms with Crippen molar-refractivity contribution in [3.05, 3.63) is 75.3 Å². The molecule has 2 aromatic carbocycles. The Morgan fingerprint density at radius 3 is 2.88 bits per heavy atom. The highest BCUT2D eigenvalue weighted by Crippen LogP contribution is 2.34. The van der Waals surface area contributed by atoms with E-state index in [-0.39, 0.29) is 23.2 Å². The number of nitrogens with zero attached hydrogens (tertiary/aromatic N) is 3. The molecule has 7 nitrogen and oxygen atoms in total. The second-order valence-corrected chi connectivity index (χ2v) is 8.85. The molecule has 0 bridgehead atoms.